The predicted molar refractivity (Wildman–Crippen MR) is 68.8 cm³/mol. The molecular formula is C14H17N3. The lowest BCUT2D eigenvalue weighted by Gasteiger charge is -2.18. The van der Waals surface area contributed by atoms with Crippen molar-refractivity contribution in [3.63, 3.8) is 0 Å². The lowest BCUT2D eigenvalue weighted by molar-refractivity contribution is 0.519. The topological polar surface area (TPSA) is 29.9 Å². The molecule has 1 aromatic carbocycles. The Kier molecular flexibility index (Phi) is 2.48. The summed E-state index contributed by atoms with van der Waals surface area (Å²) in [5.41, 5.74) is 5.14. The van der Waals surface area contributed by atoms with Crippen LogP contribution in [0.5, 0.6) is 0 Å². The van der Waals surface area contributed by atoms with Crippen LogP contribution < -0.4 is 5.32 Å². The predicted octanol–water partition coefficient (Wildman–Crippen LogP) is 2.27. The minimum absolute atomic E-state index is 0.928. The molecule has 1 aromatic heterocycles. The van der Waals surface area contributed by atoms with E-state index in [0.29, 0.717) is 0 Å². The molecule has 0 atom stereocenters. The summed E-state index contributed by atoms with van der Waals surface area (Å²) in [5.74, 6) is 1.11. The molecule has 1 aliphatic rings. The molecule has 0 unspecified atom stereocenters. The van der Waals surface area contributed by atoms with E-state index in [1.807, 2.05) is 6.20 Å². The molecule has 0 saturated carbocycles. The van der Waals surface area contributed by atoms with E-state index in [9.17, 15) is 0 Å². The van der Waals surface area contributed by atoms with Crippen molar-refractivity contribution in [2.45, 2.75) is 26.9 Å². The molecule has 0 bridgehead atoms. The maximum atomic E-state index is 4.58. The van der Waals surface area contributed by atoms with Crippen LogP contribution in [-0.4, -0.2) is 16.1 Å². The third-order valence-corrected chi connectivity index (χ3v) is 3.38. The highest BCUT2D eigenvalue weighted by Crippen LogP contribution is 2.25. The second-order valence-corrected chi connectivity index (χ2v) is 4.72. The van der Waals surface area contributed by atoms with E-state index in [0.717, 1.165) is 25.5 Å². The van der Waals surface area contributed by atoms with Gasteiger partial charge >= 0.3 is 0 Å². The first-order chi connectivity index (χ1) is 8.25. The molecule has 3 rings (SSSR count). The van der Waals surface area contributed by atoms with Gasteiger partial charge in [-0.15, -0.1) is 0 Å². The maximum Gasteiger partial charge on any atom is 0.140 e. The molecule has 0 spiro atoms. The SMILES string of the molecule is Cc1ccc(-c2ncc3n2CCNC3)c(C)c1. The van der Waals surface area contributed by atoms with Crippen molar-refractivity contribution in [2.75, 3.05) is 6.54 Å². The van der Waals surface area contributed by atoms with E-state index < -0.39 is 0 Å². The Morgan fingerprint density at radius 3 is 3.00 bits per heavy atom. The molecule has 3 nitrogen and oxygen atoms in total. The lowest BCUT2D eigenvalue weighted by Crippen LogP contribution is -2.28. The van der Waals surface area contributed by atoms with E-state index in [2.05, 4.69) is 46.9 Å². The zero-order valence-electron chi connectivity index (χ0n) is 10.3. The molecule has 3 heteroatoms. The Labute approximate surface area is 101 Å². The van der Waals surface area contributed by atoms with Gasteiger partial charge in [-0.25, -0.2) is 4.98 Å². The number of fused-ring (bicyclic) bond motifs is 1. The quantitative estimate of drug-likeness (QED) is 0.810. The van der Waals surface area contributed by atoms with Gasteiger partial charge in [-0.2, -0.15) is 0 Å². The van der Waals surface area contributed by atoms with Crippen molar-refractivity contribution in [2.24, 2.45) is 0 Å². The Balaban J connectivity index is 2.12. The van der Waals surface area contributed by atoms with Gasteiger partial charge in [0.25, 0.3) is 0 Å². The van der Waals surface area contributed by atoms with E-state index in [4.69, 9.17) is 0 Å². The summed E-state index contributed by atoms with van der Waals surface area (Å²) in [4.78, 5) is 4.58. The summed E-state index contributed by atoms with van der Waals surface area (Å²) < 4.78 is 2.33. The number of hydrogen-bond acceptors (Lipinski definition) is 2. The highest BCUT2D eigenvalue weighted by molar-refractivity contribution is 5.61. The standard InChI is InChI=1S/C14H17N3/c1-10-3-4-13(11(2)7-10)14-16-9-12-8-15-5-6-17(12)14/h3-4,7,9,15H,5-6,8H2,1-2H3. The fraction of sp³-hybridized carbons (Fsp3) is 0.357. The van der Waals surface area contributed by atoms with Crippen LogP contribution in [0.3, 0.4) is 0 Å². The van der Waals surface area contributed by atoms with Crippen molar-refractivity contribution in [1.29, 1.82) is 0 Å². The summed E-state index contributed by atoms with van der Waals surface area (Å²) >= 11 is 0. The number of nitrogens with one attached hydrogen (secondary N) is 1. The van der Waals surface area contributed by atoms with Crippen molar-refractivity contribution in [1.82, 2.24) is 14.9 Å². The van der Waals surface area contributed by atoms with Crippen molar-refractivity contribution in [3.05, 3.63) is 41.2 Å². The normalized spacial score (nSPS) is 14.7. The van der Waals surface area contributed by atoms with Crippen LogP contribution in [0.2, 0.25) is 0 Å². The third kappa shape index (κ3) is 1.76. The first kappa shape index (κ1) is 10.5. The van der Waals surface area contributed by atoms with Gasteiger partial charge in [-0.1, -0.05) is 23.8 Å². The van der Waals surface area contributed by atoms with E-state index >= 15 is 0 Å². The van der Waals surface area contributed by atoms with Gasteiger partial charge in [0.15, 0.2) is 0 Å². The third-order valence-electron chi connectivity index (χ3n) is 3.38. The number of aromatic nitrogens is 2. The number of hydrogen-bond donors (Lipinski definition) is 1. The zero-order chi connectivity index (χ0) is 11.8. The number of benzene rings is 1. The highest BCUT2D eigenvalue weighted by Gasteiger charge is 2.15. The first-order valence-corrected chi connectivity index (χ1v) is 6.08. The first-order valence-electron chi connectivity index (χ1n) is 6.08. The molecule has 2 heterocycles. The molecule has 17 heavy (non-hydrogen) atoms. The molecule has 0 amide bonds. The number of aryl methyl sites for hydroxylation is 2. The highest BCUT2D eigenvalue weighted by atomic mass is 15.1. The lowest BCUT2D eigenvalue weighted by atomic mass is 10.1. The molecular weight excluding hydrogens is 210 g/mol. The van der Waals surface area contributed by atoms with E-state index in [1.54, 1.807) is 0 Å². The van der Waals surface area contributed by atoms with Gasteiger partial charge in [-0.3, -0.25) is 0 Å². The molecule has 2 aromatic rings. The summed E-state index contributed by atoms with van der Waals surface area (Å²) in [7, 11) is 0. The molecule has 0 saturated heterocycles. The van der Waals surface area contributed by atoms with Crippen LogP contribution in [0.15, 0.2) is 24.4 Å². The monoisotopic (exact) mass is 227 g/mol. The fourth-order valence-electron chi connectivity index (χ4n) is 2.49. The van der Waals surface area contributed by atoms with Crippen molar-refractivity contribution >= 4 is 0 Å². The zero-order valence-corrected chi connectivity index (χ0v) is 10.3. The summed E-state index contributed by atoms with van der Waals surface area (Å²) in [6.45, 7) is 7.25. The van der Waals surface area contributed by atoms with Gasteiger partial charge in [0.2, 0.25) is 0 Å². The second-order valence-electron chi connectivity index (χ2n) is 4.72. The average molecular weight is 227 g/mol. The Morgan fingerprint density at radius 2 is 2.18 bits per heavy atom. The minimum Gasteiger partial charge on any atom is -0.326 e. The van der Waals surface area contributed by atoms with Crippen molar-refractivity contribution < 1.29 is 0 Å². The van der Waals surface area contributed by atoms with Crippen LogP contribution in [-0.2, 0) is 13.1 Å². The van der Waals surface area contributed by atoms with Crippen LogP contribution in [0, 0.1) is 13.8 Å². The van der Waals surface area contributed by atoms with Crippen LogP contribution in [0.25, 0.3) is 11.4 Å². The van der Waals surface area contributed by atoms with Crippen LogP contribution >= 0.6 is 0 Å². The molecule has 1 aliphatic heterocycles. The average Bonchev–Trinajstić information content (AvgIpc) is 2.73. The van der Waals surface area contributed by atoms with Gasteiger partial charge < -0.3 is 9.88 Å². The number of rotatable bonds is 1. The van der Waals surface area contributed by atoms with E-state index in [1.165, 1.54) is 22.4 Å². The fourth-order valence-corrected chi connectivity index (χ4v) is 2.49. The second kappa shape index (κ2) is 4.00. The summed E-state index contributed by atoms with van der Waals surface area (Å²) in [5, 5.41) is 3.37. The molecule has 0 radical (unpaired) electrons. The molecule has 0 aliphatic carbocycles. The van der Waals surface area contributed by atoms with Crippen LogP contribution in [0.4, 0.5) is 0 Å². The Bertz CT molecular complexity index is 555. The van der Waals surface area contributed by atoms with Gasteiger partial charge in [0.1, 0.15) is 5.82 Å². The Morgan fingerprint density at radius 1 is 1.29 bits per heavy atom. The molecule has 88 valence electrons. The number of nitrogens with zero attached hydrogens (tertiary/aromatic N) is 2. The van der Waals surface area contributed by atoms with Crippen molar-refractivity contribution in [3.8, 4) is 11.4 Å². The van der Waals surface area contributed by atoms with Gasteiger partial charge in [-0.05, 0) is 19.4 Å². The Hall–Kier alpha value is -1.61. The van der Waals surface area contributed by atoms with Gasteiger partial charge in [0, 0.05) is 25.2 Å². The molecule has 0 fully saturated rings. The summed E-state index contributed by atoms with van der Waals surface area (Å²) in [6.07, 6.45) is 1.99. The maximum absolute atomic E-state index is 4.58. The minimum atomic E-state index is 0.928. The van der Waals surface area contributed by atoms with Gasteiger partial charge in [0.05, 0.1) is 11.9 Å². The molecule has 1 N–H and O–H groups in total. The summed E-state index contributed by atoms with van der Waals surface area (Å²) in [6, 6.07) is 6.56. The smallest absolute Gasteiger partial charge is 0.140 e. The largest absolute Gasteiger partial charge is 0.326 e. The van der Waals surface area contributed by atoms with E-state index in [-0.39, 0.29) is 0 Å². The van der Waals surface area contributed by atoms with Crippen LogP contribution in [0.1, 0.15) is 16.8 Å². The number of imidazole rings is 1.